The van der Waals surface area contributed by atoms with Gasteiger partial charge in [-0.3, -0.25) is 4.79 Å². The standard InChI is InChI=1S/C14H20N2O2/c1-3-16(11-6-7-15-9-11)14(18)12-8-10(2)4-5-13(12)17/h4-5,8,11,15,17H,3,6-7,9H2,1-2H3. The van der Waals surface area contributed by atoms with Gasteiger partial charge < -0.3 is 15.3 Å². The maximum Gasteiger partial charge on any atom is 0.257 e. The normalized spacial score (nSPS) is 18.9. The molecule has 4 nitrogen and oxygen atoms in total. The van der Waals surface area contributed by atoms with Crippen LogP contribution in [0.2, 0.25) is 0 Å². The second-order valence-corrected chi connectivity index (χ2v) is 4.76. The maximum atomic E-state index is 12.5. The van der Waals surface area contributed by atoms with Crippen molar-refractivity contribution >= 4 is 5.91 Å². The van der Waals surface area contributed by atoms with Gasteiger partial charge in [0.15, 0.2) is 0 Å². The maximum absolute atomic E-state index is 12.5. The van der Waals surface area contributed by atoms with E-state index in [9.17, 15) is 9.90 Å². The van der Waals surface area contributed by atoms with Crippen LogP contribution in [0.3, 0.4) is 0 Å². The highest BCUT2D eigenvalue weighted by Crippen LogP contribution is 2.22. The van der Waals surface area contributed by atoms with Gasteiger partial charge in [-0.2, -0.15) is 0 Å². The number of likely N-dealkylation sites (N-methyl/N-ethyl adjacent to an activating group) is 1. The molecule has 1 aliphatic heterocycles. The first-order valence-corrected chi connectivity index (χ1v) is 6.44. The van der Waals surface area contributed by atoms with E-state index in [1.54, 1.807) is 18.2 Å². The first-order chi connectivity index (χ1) is 8.63. The molecule has 4 heteroatoms. The predicted molar refractivity (Wildman–Crippen MR) is 70.8 cm³/mol. The molecule has 2 rings (SSSR count). The number of hydrogen-bond donors (Lipinski definition) is 2. The molecular weight excluding hydrogens is 228 g/mol. The summed E-state index contributed by atoms with van der Waals surface area (Å²) in [6.07, 6.45) is 0.978. The molecule has 0 spiro atoms. The van der Waals surface area contributed by atoms with Crippen LogP contribution in [0, 0.1) is 6.92 Å². The third kappa shape index (κ3) is 2.48. The molecule has 1 amide bonds. The number of benzene rings is 1. The van der Waals surface area contributed by atoms with E-state index in [-0.39, 0.29) is 17.7 Å². The van der Waals surface area contributed by atoms with Gasteiger partial charge in [0.1, 0.15) is 5.75 Å². The summed E-state index contributed by atoms with van der Waals surface area (Å²) in [7, 11) is 0. The number of rotatable bonds is 3. The van der Waals surface area contributed by atoms with Crippen LogP contribution in [0.15, 0.2) is 18.2 Å². The Labute approximate surface area is 108 Å². The Balaban J connectivity index is 2.25. The van der Waals surface area contributed by atoms with E-state index in [0.717, 1.165) is 25.1 Å². The lowest BCUT2D eigenvalue weighted by atomic mass is 10.1. The van der Waals surface area contributed by atoms with E-state index >= 15 is 0 Å². The first-order valence-electron chi connectivity index (χ1n) is 6.44. The number of phenols is 1. The van der Waals surface area contributed by atoms with Gasteiger partial charge in [-0.1, -0.05) is 11.6 Å². The Morgan fingerprint density at radius 2 is 2.33 bits per heavy atom. The molecule has 1 atom stereocenters. The van der Waals surface area contributed by atoms with E-state index in [1.807, 2.05) is 18.7 Å². The molecule has 18 heavy (non-hydrogen) atoms. The molecule has 0 aromatic heterocycles. The Hall–Kier alpha value is -1.55. The average Bonchev–Trinajstić information content (AvgIpc) is 2.87. The minimum Gasteiger partial charge on any atom is -0.507 e. The number of nitrogens with zero attached hydrogens (tertiary/aromatic N) is 1. The van der Waals surface area contributed by atoms with Crippen molar-refractivity contribution in [2.75, 3.05) is 19.6 Å². The van der Waals surface area contributed by atoms with Crippen LogP contribution >= 0.6 is 0 Å². The summed E-state index contributed by atoms with van der Waals surface area (Å²) in [6, 6.07) is 5.38. The molecule has 1 saturated heterocycles. The molecule has 0 saturated carbocycles. The SMILES string of the molecule is CCN(C(=O)c1cc(C)ccc1O)C1CCNC1. The molecule has 1 aliphatic rings. The average molecular weight is 248 g/mol. The van der Waals surface area contributed by atoms with E-state index < -0.39 is 0 Å². The third-order valence-electron chi connectivity index (χ3n) is 3.46. The lowest BCUT2D eigenvalue weighted by molar-refractivity contribution is 0.0700. The molecule has 0 bridgehead atoms. The lowest BCUT2D eigenvalue weighted by Crippen LogP contribution is -2.41. The first kappa shape index (κ1) is 12.9. The summed E-state index contributed by atoms with van der Waals surface area (Å²) >= 11 is 0. The predicted octanol–water partition coefficient (Wildman–Crippen LogP) is 1.52. The molecule has 1 fully saturated rings. The van der Waals surface area contributed by atoms with E-state index in [0.29, 0.717) is 12.1 Å². The van der Waals surface area contributed by atoms with Gasteiger partial charge in [0.25, 0.3) is 5.91 Å². The molecule has 0 radical (unpaired) electrons. The number of aryl methyl sites for hydroxylation is 1. The monoisotopic (exact) mass is 248 g/mol. The Morgan fingerprint density at radius 1 is 1.56 bits per heavy atom. The second kappa shape index (κ2) is 5.40. The zero-order chi connectivity index (χ0) is 13.1. The molecule has 1 heterocycles. The van der Waals surface area contributed by atoms with Gasteiger partial charge in [0.05, 0.1) is 5.56 Å². The highest BCUT2D eigenvalue weighted by Gasteiger charge is 2.27. The number of carbonyl (C=O) groups excluding carboxylic acids is 1. The van der Waals surface area contributed by atoms with Crippen LogP contribution in [0.4, 0.5) is 0 Å². The van der Waals surface area contributed by atoms with Gasteiger partial charge >= 0.3 is 0 Å². The van der Waals surface area contributed by atoms with Crippen LogP contribution < -0.4 is 5.32 Å². The minimum absolute atomic E-state index is 0.0648. The zero-order valence-electron chi connectivity index (χ0n) is 10.9. The molecular formula is C14H20N2O2. The van der Waals surface area contributed by atoms with Crippen LogP contribution in [0.25, 0.3) is 0 Å². The number of nitrogens with one attached hydrogen (secondary N) is 1. The summed E-state index contributed by atoms with van der Waals surface area (Å²) in [5.41, 5.74) is 1.39. The van der Waals surface area contributed by atoms with E-state index in [1.165, 1.54) is 0 Å². The highest BCUT2D eigenvalue weighted by atomic mass is 16.3. The van der Waals surface area contributed by atoms with Crippen molar-refractivity contribution in [2.45, 2.75) is 26.3 Å². The van der Waals surface area contributed by atoms with Crippen LogP contribution in [0.1, 0.15) is 29.3 Å². The zero-order valence-corrected chi connectivity index (χ0v) is 10.9. The van der Waals surface area contributed by atoms with Gasteiger partial charge in [0.2, 0.25) is 0 Å². The van der Waals surface area contributed by atoms with Gasteiger partial charge in [0, 0.05) is 19.1 Å². The Kier molecular flexibility index (Phi) is 3.87. The number of hydrogen-bond acceptors (Lipinski definition) is 3. The summed E-state index contributed by atoms with van der Waals surface area (Å²) < 4.78 is 0. The number of carbonyl (C=O) groups is 1. The Bertz CT molecular complexity index is 439. The van der Waals surface area contributed by atoms with Crippen LogP contribution in [-0.2, 0) is 0 Å². The van der Waals surface area contributed by atoms with Crippen molar-refractivity contribution in [2.24, 2.45) is 0 Å². The lowest BCUT2D eigenvalue weighted by Gasteiger charge is -2.27. The molecule has 0 aliphatic carbocycles. The molecule has 1 unspecified atom stereocenters. The summed E-state index contributed by atoms with van der Waals surface area (Å²) in [5, 5.41) is 13.1. The van der Waals surface area contributed by atoms with E-state index in [2.05, 4.69) is 5.32 Å². The Morgan fingerprint density at radius 3 is 2.94 bits per heavy atom. The summed E-state index contributed by atoms with van der Waals surface area (Å²) in [4.78, 5) is 14.3. The molecule has 2 N–H and O–H groups in total. The van der Waals surface area contributed by atoms with Crippen molar-refractivity contribution < 1.29 is 9.90 Å². The van der Waals surface area contributed by atoms with Crippen molar-refractivity contribution in [3.63, 3.8) is 0 Å². The number of phenolic OH excluding ortho intramolecular Hbond substituents is 1. The van der Waals surface area contributed by atoms with Crippen molar-refractivity contribution in [3.8, 4) is 5.75 Å². The fourth-order valence-electron chi connectivity index (χ4n) is 2.45. The molecule has 1 aromatic rings. The largest absolute Gasteiger partial charge is 0.507 e. The van der Waals surface area contributed by atoms with Crippen molar-refractivity contribution in [1.29, 1.82) is 0 Å². The van der Waals surface area contributed by atoms with Gasteiger partial charge in [-0.25, -0.2) is 0 Å². The summed E-state index contributed by atoms with van der Waals surface area (Å²) in [6.45, 7) is 6.35. The summed E-state index contributed by atoms with van der Waals surface area (Å²) in [5.74, 6) is -0.0117. The quantitative estimate of drug-likeness (QED) is 0.853. The fraction of sp³-hybridized carbons (Fsp3) is 0.500. The minimum atomic E-state index is -0.0765. The van der Waals surface area contributed by atoms with Crippen molar-refractivity contribution in [3.05, 3.63) is 29.3 Å². The topological polar surface area (TPSA) is 52.6 Å². The highest BCUT2D eigenvalue weighted by molar-refractivity contribution is 5.97. The third-order valence-corrected chi connectivity index (χ3v) is 3.46. The fourth-order valence-corrected chi connectivity index (χ4v) is 2.45. The van der Waals surface area contributed by atoms with Gasteiger partial charge in [-0.05, 0) is 38.9 Å². The van der Waals surface area contributed by atoms with E-state index in [4.69, 9.17) is 0 Å². The molecule has 98 valence electrons. The second-order valence-electron chi connectivity index (χ2n) is 4.76. The molecule has 1 aromatic carbocycles. The number of amides is 1. The smallest absolute Gasteiger partial charge is 0.257 e. The van der Waals surface area contributed by atoms with Crippen LogP contribution in [-0.4, -0.2) is 41.6 Å². The number of aromatic hydroxyl groups is 1. The van der Waals surface area contributed by atoms with Gasteiger partial charge in [-0.15, -0.1) is 0 Å². The van der Waals surface area contributed by atoms with Crippen molar-refractivity contribution in [1.82, 2.24) is 10.2 Å². The van der Waals surface area contributed by atoms with Crippen LogP contribution in [0.5, 0.6) is 5.75 Å².